The smallest absolute Gasteiger partial charge is 0.248 e. The Morgan fingerprint density at radius 3 is 1.89 bits per heavy atom. The summed E-state index contributed by atoms with van der Waals surface area (Å²) in [6.45, 7) is 10.5. The van der Waals surface area contributed by atoms with Crippen molar-refractivity contribution in [1.82, 2.24) is 26.2 Å². The Morgan fingerprint density at radius 2 is 1.35 bits per heavy atom. The van der Waals surface area contributed by atoms with Gasteiger partial charge >= 0.3 is 0 Å². The Kier molecular flexibility index (Phi) is 24.0. The molecule has 1 aliphatic heterocycles. The zero-order valence-electron chi connectivity index (χ0n) is 33.7. The average molecular weight is 763 g/mol. The SMILES string of the molecule is CCCCCCCC/C=C\CCCCCCCC(=O)N[C@H](C(=O)N1C[C@H](C)C[C@H]1C(=O)N[C@H](C(=O)N[C@@H](CC(N)=O)C(=O)N[C@@H](C)C=O)C(C)C)[C@@H](C)O. The number of aliphatic hydroxyl groups excluding tert-OH is 1. The summed E-state index contributed by atoms with van der Waals surface area (Å²) in [5.74, 6) is -4.52. The van der Waals surface area contributed by atoms with E-state index in [0.29, 0.717) is 12.7 Å². The number of primary amides is 1. The second kappa shape index (κ2) is 26.9. The third-order valence-electron chi connectivity index (χ3n) is 9.69. The topological polar surface area (TPSA) is 217 Å². The fourth-order valence-corrected chi connectivity index (χ4v) is 6.52. The molecule has 6 amide bonds. The van der Waals surface area contributed by atoms with Crippen molar-refractivity contribution < 1.29 is 38.7 Å². The maximum absolute atomic E-state index is 13.8. The van der Waals surface area contributed by atoms with Crippen molar-refractivity contribution in [3.05, 3.63) is 12.2 Å². The quantitative estimate of drug-likeness (QED) is 0.0394. The van der Waals surface area contributed by atoms with Gasteiger partial charge in [0.2, 0.25) is 35.4 Å². The number of nitrogens with zero attached hydrogens (tertiary/aromatic N) is 1. The molecule has 1 fully saturated rings. The molecule has 1 rings (SSSR count). The summed E-state index contributed by atoms with van der Waals surface area (Å²) >= 11 is 0. The number of aliphatic hydroxyl groups is 1. The van der Waals surface area contributed by atoms with Crippen LogP contribution in [0.3, 0.4) is 0 Å². The minimum absolute atomic E-state index is 0.0827. The number of hydrogen-bond donors (Lipinski definition) is 6. The first-order valence-corrected chi connectivity index (χ1v) is 20.2. The number of unbranched alkanes of at least 4 members (excludes halogenated alkanes) is 11. The molecule has 1 heterocycles. The molecule has 0 aliphatic carbocycles. The van der Waals surface area contributed by atoms with Gasteiger partial charge in [0.1, 0.15) is 30.5 Å². The second-order valence-corrected chi connectivity index (χ2v) is 15.4. The number of allylic oxidation sites excluding steroid dienone is 2. The number of rotatable bonds is 28. The number of hydrogen-bond acceptors (Lipinski definition) is 8. The Hall–Kier alpha value is -3.81. The molecule has 54 heavy (non-hydrogen) atoms. The second-order valence-electron chi connectivity index (χ2n) is 15.4. The predicted octanol–water partition coefficient (Wildman–Crippen LogP) is 3.33. The summed E-state index contributed by atoms with van der Waals surface area (Å²) in [6.07, 6.45) is 18.6. The summed E-state index contributed by atoms with van der Waals surface area (Å²) < 4.78 is 0. The third-order valence-corrected chi connectivity index (χ3v) is 9.69. The van der Waals surface area contributed by atoms with Crippen LogP contribution in [0.2, 0.25) is 0 Å². The lowest BCUT2D eigenvalue weighted by Gasteiger charge is -2.31. The molecule has 0 bridgehead atoms. The highest BCUT2D eigenvalue weighted by Gasteiger charge is 2.43. The predicted molar refractivity (Wildman–Crippen MR) is 209 cm³/mol. The number of amides is 6. The summed E-state index contributed by atoms with van der Waals surface area (Å²) in [5.41, 5.74) is 5.29. The molecule has 308 valence electrons. The van der Waals surface area contributed by atoms with E-state index in [2.05, 4.69) is 40.3 Å². The molecule has 14 heteroatoms. The highest BCUT2D eigenvalue weighted by molar-refractivity contribution is 5.97. The van der Waals surface area contributed by atoms with Crippen LogP contribution in [-0.2, 0) is 33.6 Å². The van der Waals surface area contributed by atoms with E-state index >= 15 is 0 Å². The van der Waals surface area contributed by atoms with Gasteiger partial charge in [-0.15, -0.1) is 0 Å². The molecule has 7 N–H and O–H groups in total. The zero-order chi connectivity index (χ0) is 40.6. The average Bonchev–Trinajstić information content (AvgIpc) is 3.51. The molecule has 0 aromatic rings. The molecule has 0 unspecified atom stereocenters. The normalized spacial score (nSPS) is 18.4. The van der Waals surface area contributed by atoms with Gasteiger partial charge < -0.3 is 41.8 Å². The third kappa shape index (κ3) is 19.0. The van der Waals surface area contributed by atoms with Crippen LogP contribution in [0.5, 0.6) is 0 Å². The summed E-state index contributed by atoms with van der Waals surface area (Å²) in [7, 11) is 0. The van der Waals surface area contributed by atoms with Crippen LogP contribution in [0.1, 0.15) is 144 Å². The lowest BCUT2D eigenvalue weighted by atomic mass is 10.0. The van der Waals surface area contributed by atoms with Crippen molar-refractivity contribution in [3.8, 4) is 0 Å². The van der Waals surface area contributed by atoms with Crippen LogP contribution in [-0.4, -0.2) is 94.6 Å². The highest BCUT2D eigenvalue weighted by atomic mass is 16.3. The van der Waals surface area contributed by atoms with Crippen LogP contribution in [0.15, 0.2) is 12.2 Å². The van der Waals surface area contributed by atoms with E-state index in [9.17, 15) is 38.7 Å². The molecular formula is C40H70N6O8. The monoisotopic (exact) mass is 763 g/mol. The number of nitrogens with two attached hydrogens (primary N) is 1. The van der Waals surface area contributed by atoms with Gasteiger partial charge in [-0.2, -0.15) is 0 Å². The van der Waals surface area contributed by atoms with Gasteiger partial charge in [0.15, 0.2) is 0 Å². The molecule has 0 radical (unpaired) electrons. The number of likely N-dealkylation sites (tertiary alicyclic amines) is 1. The van der Waals surface area contributed by atoms with E-state index in [1.165, 1.54) is 57.3 Å². The molecule has 0 spiro atoms. The number of carbonyl (C=O) groups excluding carboxylic acids is 7. The maximum Gasteiger partial charge on any atom is 0.248 e. The van der Waals surface area contributed by atoms with Crippen LogP contribution < -0.4 is 27.0 Å². The van der Waals surface area contributed by atoms with E-state index in [0.717, 1.165) is 38.5 Å². The Labute approximate surface area is 323 Å². The fourth-order valence-electron chi connectivity index (χ4n) is 6.52. The van der Waals surface area contributed by atoms with E-state index in [-0.39, 0.29) is 31.2 Å². The standard InChI is InChI=1S/C40H70N6O8/c1-7-8-9-10-11-12-13-14-15-16-17-18-19-20-21-22-34(50)44-36(30(6)48)40(54)46-25-28(4)23-32(46)38(52)45-35(27(2)3)39(53)43-31(24-33(41)49)37(51)42-29(5)26-47/h14-15,26-32,35-36,48H,7-13,16-25H2,1-6H3,(H2,41,49)(H,42,51)(H,43,53)(H,44,50)(H,45,52)/b15-14-/t28-,29+,30-,31+,32+,35+,36+/m1/s1. The number of carbonyl (C=O) groups is 7. The number of aldehydes is 1. The minimum Gasteiger partial charge on any atom is -0.391 e. The van der Waals surface area contributed by atoms with Crippen LogP contribution in [0, 0.1) is 11.8 Å². The van der Waals surface area contributed by atoms with Gasteiger partial charge in [0.05, 0.1) is 18.6 Å². The molecule has 1 aliphatic rings. The highest BCUT2D eigenvalue weighted by Crippen LogP contribution is 2.25. The molecule has 1 saturated heterocycles. The summed E-state index contributed by atoms with van der Waals surface area (Å²) in [6, 6.07) is -5.66. The van der Waals surface area contributed by atoms with Crippen molar-refractivity contribution in [2.24, 2.45) is 17.6 Å². The minimum atomic E-state index is -1.39. The zero-order valence-corrected chi connectivity index (χ0v) is 33.7. The molecule has 7 atom stereocenters. The van der Waals surface area contributed by atoms with Crippen LogP contribution >= 0.6 is 0 Å². The van der Waals surface area contributed by atoms with Crippen molar-refractivity contribution >= 4 is 41.7 Å². The molecule has 0 saturated carbocycles. The first-order chi connectivity index (χ1) is 25.6. The fraction of sp³-hybridized carbons (Fsp3) is 0.775. The molecule has 0 aromatic heterocycles. The molecule has 14 nitrogen and oxygen atoms in total. The van der Waals surface area contributed by atoms with Gasteiger partial charge in [-0.3, -0.25) is 28.8 Å². The van der Waals surface area contributed by atoms with Gasteiger partial charge in [-0.25, -0.2) is 0 Å². The van der Waals surface area contributed by atoms with E-state index < -0.39 is 78.2 Å². The first kappa shape index (κ1) is 48.2. The van der Waals surface area contributed by atoms with E-state index in [4.69, 9.17) is 5.73 Å². The molecule has 0 aromatic carbocycles. The van der Waals surface area contributed by atoms with Crippen LogP contribution in [0.25, 0.3) is 0 Å². The largest absolute Gasteiger partial charge is 0.391 e. The van der Waals surface area contributed by atoms with Crippen molar-refractivity contribution in [2.45, 2.75) is 181 Å². The van der Waals surface area contributed by atoms with Gasteiger partial charge in [-0.1, -0.05) is 91.2 Å². The lowest BCUT2D eigenvalue weighted by Crippen LogP contribution is -2.60. The summed E-state index contributed by atoms with van der Waals surface area (Å²) in [4.78, 5) is 90.3. The van der Waals surface area contributed by atoms with Crippen molar-refractivity contribution in [2.75, 3.05) is 6.54 Å². The molecular weight excluding hydrogens is 692 g/mol. The summed E-state index contributed by atoms with van der Waals surface area (Å²) in [5, 5.41) is 20.7. The first-order valence-electron chi connectivity index (χ1n) is 20.2. The lowest BCUT2D eigenvalue weighted by molar-refractivity contribution is -0.144. The van der Waals surface area contributed by atoms with Crippen molar-refractivity contribution in [3.63, 3.8) is 0 Å². The van der Waals surface area contributed by atoms with E-state index in [1.807, 2.05) is 6.92 Å². The number of nitrogens with one attached hydrogen (secondary N) is 4. The Balaban J connectivity index is 2.71. The van der Waals surface area contributed by atoms with E-state index in [1.54, 1.807) is 13.8 Å². The van der Waals surface area contributed by atoms with Gasteiger partial charge in [0.25, 0.3) is 0 Å². The Bertz CT molecular complexity index is 1220. The Morgan fingerprint density at radius 1 is 0.778 bits per heavy atom. The van der Waals surface area contributed by atoms with Crippen molar-refractivity contribution in [1.29, 1.82) is 0 Å². The van der Waals surface area contributed by atoms with Gasteiger partial charge in [-0.05, 0) is 64.2 Å². The van der Waals surface area contributed by atoms with Crippen LogP contribution in [0.4, 0.5) is 0 Å². The van der Waals surface area contributed by atoms with Gasteiger partial charge in [0, 0.05) is 13.0 Å². The maximum atomic E-state index is 13.8.